The van der Waals surface area contributed by atoms with Gasteiger partial charge in [-0.25, -0.2) is 18.0 Å². The maximum Gasteiger partial charge on any atom is 0.126 e. The fraction of sp³-hybridized carbons (Fsp3) is 0.500. The Morgan fingerprint density at radius 2 is 1.97 bits per heavy atom. The number of halogens is 1. The van der Waals surface area contributed by atoms with Crippen molar-refractivity contribution in [3.63, 3.8) is 0 Å². The summed E-state index contributed by atoms with van der Waals surface area (Å²) in [5.41, 5.74) is 7.73. The minimum atomic E-state index is -0.0777. The Kier molecular flexibility index (Phi) is 7.48. The van der Waals surface area contributed by atoms with Crippen molar-refractivity contribution in [1.82, 2.24) is 13.6 Å². The number of benzene rings is 1. The molecule has 0 amide bonds. The van der Waals surface area contributed by atoms with Gasteiger partial charge in [-0.2, -0.15) is 0 Å². The van der Waals surface area contributed by atoms with Crippen molar-refractivity contribution in [3.8, 4) is 0 Å². The molecule has 2 fully saturated rings. The summed E-state index contributed by atoms with van der Waals surface area (Å²) in [6, 6.07) is 11.7. The summed E-state index contributed by atoms with van der Waals surface area (Å²) < 4.78 is 19.4. The van der Waals surface area contributed by atoms with Gasteiger partial charge in [0.2, 0.25) is 0 Å². The summed E-state index contributed by atoms with van der Waals surface area (Å²) in [5.74, 6) is 1.11. The first-order valence-electron chi connectivity index (χ1n) is 10.4. The van der Waals surface area contributed by atoms with Crippen molar-refractivity contribution in [1.29, 1.82) is 0 Å². The van der Waals surface area contributed by atoms with Crippen LogP contribution in [0, 0.1) is 5.82 Å². The molecule has 2 aliphatic heterocycles. The van der Waals surface area contributed by atoms with Crippen LogP contribution in [0.5, 0.6) is 0 Å². The zero-order chi connectivity index (χ0) is 20.1. The molecule has 7 heteroatoms. The average Bonchev–Trinajstić information content (AvgIpc) is 3.16. The second-order valence-corrected chi connectivity index (χ2v) is 9.99. The molecule has 0 aliphatic carbocycles. The van der Waals surface area contributed by atoms with Crippen LogP contribution in [-0.4, -0.2) is 45.0 Å². The van der Waals surface area contributed by atoms with E-state index < -0.39 is 0 Å². The van der Waals surface area contributed by atoms with E-state index in [1.54, 1.807) is 23.9 Å². The Labute approximate surface area is 181 Å². The molecule has 3 heterocycles. The molecule has 29 heavy (non-hydrogen) atoms. The van der Waals surface area contributed by atoms with Gasteiger partial charge in [0.05, 0.1) is 5.03 Å². The van der Waals surface area contributed by atoms with Gasteiger partial charge in [-0.05, 0) is 48.6 Å². The highest BCUT2D eigenvalue weighted by Gasteiger charge is 2.36. The standard InChI is InChI=1S/C22H29FN4S2/c23-21-7-3-2-6-20(21)18-13-19(16-28-22-12-17(14-24)8-9-25-22)27(15-18)29-26-10-4-1-5-11-26/h2-3,6-9,12,18-19H,1,4-5,10-11,13-16,24H2. The number of nitrogens with two attached hydrogens (primary N) is 1. The van der Waals surface area contributed by atoms with Crippen molar-refractivity contribution in [3.05, 3.63) is 59.5 Å². The van der Waals surface area contributed by atoms with Gasteiger partial charge >= 0.3 is 0 Å². The van der Waals surface area contributed by atoms with Crippen LogP contribution >= 0.6 is 23.9 Å². The molecule has 1 aromatic heterocycles. The van der Waals surface area contributed by atoms with Crippen molar-refractivity contribution >= 4 is 23.9 Å². The number of pyridine rings is 1. The predicted molar refractivity (Wildman–Crippen MR) is 120 cm³/mol. The number of rotatable bonds is 7. The predicted octanol–water partition coefficient (Wildman–Crippen LogP) is 4.68. The van der Waals surface area contributed by atoms with Crippen LogP contribution in [0.25, 0.3) is 0 Å². The van der Waals surface area contributed by atoms with Crippen LogP contribution in [0.4, 0.5) is 4.39 Å². The summed E-state index contributed by atoms with van der Waals surface area (Å²) in [5, 5.41) is 1.02. The number of nitrogens with zero attached hydrogens (tertiary/aromatic N) is 3. The number of thioether (sulfide) groups is 1. The normalized spacial score (nSPS) is 23.5. The van der Waals surface area contributed by atoms with Gasteiger partial charge in [0, 0.05) is 62.2 Å². The second-order valence-electron chi connectivity index (χ2n) is 7.80. The lowest BCUT2D eigenvalue weighted by Gasteiger charge is -2.31. The van der Waals surface area contributed by atoms with E-state index >= 15 is 0 Å². The third-order valence-electron chi connectivity index (χ3n) is 5.70. The molecule has 4 rings (SSSR count). The lowest BCUT2D eigenvalue weighted by atomic mass is 9.96. The smallest absolute Gasteiger partial charge is 0.126 e. The SMILES string of the molecule is NCc1ccnc(SCC2CC(c3ccccc3F)CN2SN2CCCCC2)c1. The molecule has 0 saturated carbocycles. The van der Waals surface area contributed by atoms with E-state index in [9.17, 15) is 4.39 Å². The van der Waals surface area contributed by atoms with Crippen LogP contribution < -0.4 is 5.73 Å². The first-order chi connectivity index (χ1) is 14.2. The monoisotopic (exact) mass is 432 g/mol. The quantitative estimate of drug-likeness (QED) is 0.506. The molecular weight excluding hydrogens is 403 g/mol. The van der Waals surface area contributed by atoms with Crippen LogP contribution in [0.1, 0.15) is 42.7 Å². The molecule has 4 nitrogen and oxygen atoms in total. The molecule has 2 atom stereocenters. The summed E-state index contributed by atoms with van der Waals surface area (Å²) in [7, 11) is 0. The molecule has 2 unspecified atom stereocenters. The third-order valence-corrected chi connectivity index (χ3v) is 8.03. The summed E-state index contributed by atoms with van der Waals surface area (Å²) in [6.07, 6.45) is 6.68. The lowest BCUT2D eigenvalue weighted by Crippen LogP contribution is -2.33. The lowest BCUT2D eigenvalue weighted by molar-refractivity contribution is 0.355. The highest BCUT2D eigenvalue weighted by Crippen LogP contribution is 2.40. The average molecular weight is 433 g/mol. The largest absolute Gasteiger partial charge is 0.326 e. The summed E-state index contributed by atoms with van der Waals surface area (Å²) in [4.78, 5) is 4.49. The van der Waals surface area contributed by atoms with Gasteiger partial charge in [-0.1, -0.05) is 24.6 Å². The molecule has 156 valence electrons. The molecule has 0 spiro atoms. The van der Waals surface area contributed by atoms with Gasteiger partial charge in [0.1, 0.15) is 5.82 Å². The second kappa shape index (κ2) is 10.3. The van der Waals surface area contributed by atoms with Gasteiger partial charge in [0.25, 0.3) is 0 Å². The molecule has 2 aromatic rings. The van der Waals surface area contributed by atoms with Gasteiger partial charge in [0.15, 0.2) is 0 Å². The van der Waals surface area contributed by atoms with Crippen molar-refractivity contribution < 1.29 is 4.39 Å². The Morgan fingerprint density at radius 1 is 1.14 bits per heavy atom. The van der Waals surface area contributed by atoms with Gasteiger partial charge < -0.3 is 5.73 Å². The Bertz CT molecular complexity index is 800. The zero-order valence-electron chi connectivity index (χ0n) is 16.7. The highest BCUT2D eigenvalue weighted by atomic mass is 32.2. The van der Waals surface area contributed by atoms with E-state index in [1.165, 1.54) is 19.3 Å². The summed E-state index contributed by atoms with van der Waals surface area (Å²) in [6.45, 7) is 3.71. The minimum absolute atomic E-state index is 0.0777. The van der Waals surface area contributed by atoms with E-state index in [2.05, 4.69) is 19.7 Å². The molecule has 0 bridgehead atoms. The first kappa shape index (κ1) is 21.1. The van der Waals surface area contributed by atoms with E-state index in [1.807, 2.05) is 36.5 Å². The maximum atomic E-state index is 14.4. The molecule has 2 aliphatic rings. The molecule has 0 radical (unpaired) electrons. The van der Waals surface area contributed by atoms with E-state index in [0.717, 1.165) is 48.0 Å². The Balaban J connectivity index is 1.45. The summed E-state index contributed by atoms with van der Waals surface area (Å²) >= 11 is 3.65. The Morgan fingerprint density at radius 3 is 2.76 bits per heavy atom. The van der Waals surface area contributed by atoms with Gasteiger partial charge in [-0.3, -0.25) is 0 Å². The Hall–Kier alpha value is -1.12. The van der Waals surface area contributed by atoms with Crippen molar-refractivity contribution in [2.45, 2.75) is 49.2 Å². The number of piperidine rings is 1. The number of hydrogen-bond donors (Lipinski definition) is 1. The van der Waals surface area contributed by atoms with E-state index in [4.69, 9.17) is 5.73 Å². The van der Waals surface area contributed by atoms with Crippen LogP contribution in [-0.2, 0) is 6.54 Å². The molecular formula is C22H29FN4S2. The molecule has 1 aromatic carbocycles. The maximum absolute atomic E-state index is 14.4. The van der Waals surface area contributed by atoms with Crippen LogP contribution in [0.2, 0.25) is 0 Å². The minimum Gasteiger partial charge on any atom is -0.326 e. The van der Waals surface area contributed by atoms with Crippen LogP contribution in [0.3, 0.4) is 0 Å². The van der Waals surface area contributed by atoms with Crippen LogP contribution in [0.15, 0.2) is 47.6 Å². The van der Waals surface area contributed by atoms with E-state index in [-0.39, 0.29) is 11.7 Å². The van der Waals surface area contributed by atoms with Gasteiger partial charge in [-0.15, -0.1) is 11.8 Å². The van der Waals surface area contributed by atoms with E-state index in [0.29, 0.717) is 12.6 Å². The molecule has 2 N–H and O–H groups in total. The fourth-order valence-corrected chi connectivity index (χ4v) is 6.50. The fourth-order valence-electron chi connectivity index (χ4n) is 4.10. The number of aromatic nitrogens is 1. The number of hydrogen-bond acceptors (Lipinski definition) is 6. The zero-order valence-corrected chi connectivity index (χ0v) is 18.3. The molecule has 2 saturated heterocycles. The topological polar surface area (TPSA) is 45.4 Å². The van der Waals surface area contributed by atoms with Crippen molar-refractivity contribution in [2.75, 3.05) is 25.4 Å². The first-order valence-corrected chi connectivity index (χ1v) is 12.2. The third kappa shape index (κ3) is 5.52. The highest BCUT2D eigenvalue weighted by molar-refractivity contribution is 7.99. The van der Waals surface area contributed by atoms with Crippen molar-refractivity contribution in [2.24, 2.45) is 5.73 Å².